The molecule has 88 valence electrons. The first-order valence-electron chi connectivity index (χ1n) is 5.18. The molecular weight excluding hydrogens is 220 g/mol. The van der Waals surface area contributed by atoms with Gasteiger partial charge in [0.2, 0.25) is 5.89 Å². The molecule has 0 aliphatic rings. The van der Waals surface area contributed by atoms with E-state index in [0.717, 1.165) is 5.56 Å². The molecule has 2 rings (SSSR count). The zero-order chi connectivity index (χ0) is 12.4. The standard InChI is InChI=1S/C12H12N2O3/c1-7-3-4-9(5-8(7)2)6-10-13-14-11(17-10)12(15)16/h3-5H,6H2,1-2H3,(H,15,16). The minimum Gasteiger partial charge on any atom is -0.474 e. The van der Waals surface area contributed by atoms with E-state index in [2.05, 4.69) is 10.2 Å². The van der Waals surface area contributed by atoms with Gasteiger partial charge >= 0.3 is 11.9 Å². The Morgan fingerprint density at radius 1 is 1.29 bits per heavy atom. The van der Waals surface area contributed by atoms with Gasteiger partial charge in [0, 0.05) is 0 Å². The predicted molar refractivity (Wildman–Crippen MR) is 60.0 cm³/mol. The van der Waals surface area contributed by atoms with Crippen LogP contribution in [0.5, 0.6) is 0 Å². The van der Waals surface area contributed by atoms with Crippen molar-refractivity contribution in [2.24, 2.45) is 0 Å². The van der Waals surface area contributed by atoms with Crippen LogP contribution in [0, 0.1) is 13.8 Å². The predicted octanol–water partition coefficient (Wildman–Crippen LogP) is 1.98. The summed E-state index contributed by atoms with van der Waals surface area (Å²) in [4.78, 5) is 10.6. The molecule has 0 spiro atoms. The van der Waals surface area contributed by atoms with E-state index in [1.165, 1.54) is 11.1 Å². The molecular formula is C12H12N2O3. The Bertz CT molecular complexity index is 561. The molecule has 0 saturated carbocycles. The molecule has 0 fully saturated rings. The van der Waals surface area contributed by atoms with Crippen molar-refractivity contribution in [2.75, 3.05) is 0 Å². The summed E-state index contributed by atoms with van der Waals surface area (Å²) in [6.07, 6.45) is 0.446. The Morgan fingerprint density at radius 3 is 2.65 bits per heavy atom. The molecule has 0 bridgehead atoms. The molecule has 1 aromatic heterocycles. The SMILES string of the molecule is Cc1ccc(Cc2nnc(C(=O)O)o2)cc1C. The molecule has 17 heavy (non-hydrogen) atoms. The van der Waals surface area contributed by atoms with Gasteiger partial charge in [-0.25, -0.2) is 4.79 Å². The average Bonchev–Trinajstić information content (AvgIpc) is 2.72. The maximum absolute atomic E-state index is 10.6. The van der Waals surface area contributed by atoms with Gasteiger partial charge in [-0.1, -0.05) is 18.2 Å². The van der Waals surface area contributed by atoms with E-state index < -0.39 is 5.97 Å². The number of hydrogen-bond acceptors (Lipinski definition) is 4. The van der Waals surface area contributed by atoms with E-state index in [1.807, 2.05) is 32.0 Å². The lowest BCUT2D eigenvalue weighted by Crippen LogP contribution is -1.95. The zero-order valence-corrected chi connectivity index (χ0v) is 9.60. The number of carboxylic acids is 1. The first kappa shape index (κ1) is 11.3. The second-order valence-corrected chi connectivity index (χ2v) is 3.90. The maximum Gasteiger partial charge on any atom is 0.393 e. The van der Waals surface area contributed by atoms with Crippen molar-refractivity contribution in [3.05, 3.63) is 46.7 Å². The Hall–Kier alpha value is -2.17. The van der Waals surface area contributed by atoms with E-state index in [4.69, 9.17) is 9.52 Å². The van der Waals surface area contributed by atoms with Crippen LogP contribution in [0.15, 0.2) is 22.6 Å². The van der Waals surface area contributed by atoms with Gasteiger partial charge in [0.25, 0.3) is 0 Å². The Morgan fingerprint density at radius 2 is 2.06 bits per heavy atom. The fraction of sp³-hybridized carbons (Fsp3) is 0.250. The molecule has 1 heterocycles. The number of aromatic nitrogens is 2. The minimum atomic E-state index is -1.20. The summed E-state index contributed by atoms with van der Waals surface area (Å²) in [7, 11) is 0. The van der Waals surface area contributed by atoms with Crippen molar-refractivity contribution in [1.82, 2.24) is 10.2 Å². The van der Waals surface area contributed by atoms with Gasteiger partial charge in [-0.05, 0) is 30.5 Å². The number of benzene rings is 1. The summed E-state index contributed by atoms with van der Waals surface area (Å²) < 4.78 is 5.00. The molecule has 0 atom stereocenters. The summed E-state index contributed by atoms with van der Waals surface area (Å²) in [6.45, 7) is 4.06. The number of nitrogens with zero attached hydrogens (tertiary/aromatic N) is 2. The zero-order valence-electron chi connectivity index (χ0n) is 9.60. The largest absolute Gasteiger partial charge is 0.474 e. The highest BCUT2D eigenvalue weighted by molar-refractivity contribution is 5.81. The Kier molecular flexibility index (Phi) is 2.91. The summed E-state index contributed by atoms with van der Waals surface area (Å²) in [5.41, 5.74) is 3.42. The third kappa shape index (κ3) is 2.50. The van der Waals surface area contributed by atoms with E-state index in [9.17, 15) is 4.79 Å². The Balaban J connectivity index is 2.19. The number of aromatic carboxylic acids is 1. The smallest absolute Gasteiger partial charge is 0.393 e. The number of rotatable bonds is 3. The normalized spacial score (nSPS) is 10.5. The van der Waals surface area contributed by atoms with Crippen molar-refractivity contribution >= 4 is 5.97 Å². The molecule has 5 nitrogen and oxygen atoms in total. The number of carboxylic acid groups (broad SMARTS) is 1. The van der Waals surface area contributed by atoms with E-state index in [-0.39, 0.29) is 5.89 Å². The van der Waals surface area contributed by atoms with Crippen LogP contribution in [0.3, 0.4) is 0 Å². The third-order valence-electron chi connectivity index (χ3n) is 2.58. The lowest BCUT2D eigenvalue weighted by Gasteiger charge is -2.02. The quantitative estimate of drug-likeness (QED) is 0.875. The summed E-state index contributed by atoms with van der Waals surface area (Å²) in [5.74, 6) is -1.27. The van der Waals surface area contributed by atoms with Gasteiger partial charge in [-0.2, -0.15) is 0 Å². The van der Waals surface area contributed by atoms with Crippen LogP contribution in [0.1, 0.15) is 33.3 Å². The summed E-state index contributed by atoms with van der Waals surface area (Å²) in [6, 6.07) is 6.01. The van der Waals surface area contributed by atoms with Crippen molar-refractivity contribution < 1.29 is 14.3 Å². The van der Waals surface area contributed by atoms with Crippen LogP contribution >= 0.6 is 0 Å². The van der Waals surface area contributed by atoms with Crippen molar-refractivity contribution in [3.8, 4) is 0 Å². The molecule has 0 aliphatic heterocycles. The van der Waals surface area contributed by atoms with Gasteiger partial charge < -0.3 is 9.52 Å². The summed E-state index contributed by atoms with van der Waals surface area (Å²) >= 11 is 0. The monoisotopic (exact) mass is 232 g/mol. The van der Waals surface area contributed by atoms with Crippen LogP contribution in [0.2, 0.25) is 0 Å². The number of hydrogen-bond donors (Lipinski definition) is 1. The van der Waals surface area contributed by atoms with Crippen molar-refractivity contribution in [2.45, 2.75) is 20.3 Å². The lowest BCUT2D eigenvalue weighted by atomic mass is 10.0. The van der Waals surface area contributed by atoms with Crippen LogP contribution in [0.25, 0.3) is 0 Å². The van der Waals surface area contributed by atoms with Gasteiger partial charge in [0.1, 0.15) is 0 Å². The minimum absolute atomic E-state index is 0.311. The molecule has 5 heteroatoms. The van der Waals surface area contributed by atoms with Crippen molar-refractivity contribution in [3.63, 3.8) is 0 Å². The average molecular weight is 232 g/mol. The van der Waals surface area contributed by atoms with Crippen LogP contribution < -0.4 is 0 Å². The van der Waals surface area contributed by atoms with Gasteiger partial charge in [0.05, 0.1) is 6.42 Å². The third-order valence-corrected chi connectivity index (χ3v) is 2.58. The van der Waals surface area contributed by atoms with Gasteiger partial charge in [-0.3, -0.25) is 0 Å². The van der Waals surface area contributed by atoms with Crippen LogP contribution in [0.4, 0.5) is 0 Å². The molecule has 0 amide bonds. The molecule has 2 aromatic rings. The fourth-order valence-corrected chi connectivity index (χ4v) is 1.50. The molecule has 1 aromatic carbocycles. The molecule has 1 N–H and O–H groups in total. The Labute approximate surface area is 98.1 Å². The van der Waals surface area contributed by atoms with E-state index in [1.54, 1.807) is 0 Å². The maximum atomic E-state index is 10.6. The van der Waals surface area contributed by atoms with Crippen LogP contribution in [-0.2, 0) is 6.42 Å². The molecule has 0 unspecified atom stereocenters. The lowest BCUT2D eigenvalue weighted by molar-refractivity contribution is 0.0651. The highest BCUT2D eigenvalue weighted by atomic mass is 16.4. The van der Waals surface area contributed by atoms with Gasteiger partial charge in [-0.15, -0.1) is 10.2 Å². The second-order valence-electron chi connectivity index (χ2n) is 3.90. The van der Waals surface area contributed by atoms with Crippen molar-refractivity contribution in [1.29, 1.82) is 0 Å². The summed E-state index contributed by atoms with van der Waals surface area (Å²) in [5, 5.41) is 15.8. The fourth-order valence-electron chi connectivity index (χ4n) is 1.50. The number of aryl methyl sites for hydroxylation is 2. The molecule has 0 saturated heterocycles. The molecule has 0 aliphatic carbocycles. The number of carbonyl (C=O) groups is 1. The second kappa shape index (κ2) is 4.37. The first-order valence-corrected chi connectivity index (χ1v) is 5.18. The molecule has 0 radical (unpaired) electrons. The van der Waals surface area contributed by atoms with E-state index >= 15 is 0 Å². The highest BCUT2D eigenvalue weighted by Gasteiger charge is 2.13. The topological polar surface area (TPSA) is 76.2 Å². The van der Waals surface area contributed by atoms with Crippen LogP contribution in [-0.4, -0.2) is 21.3 Å². The van der Waals surface area contributed by atoms with E-state index in [0.29, 0.717) is 12.3 Å². The van der Waals surface area contributed by atoms with Gasteiger partial charge in [0.15, 0.2) is 0 Å². The first-order chi connectivity index (χ1) is 8.06. The highest BCUT2D eigenvalue weighted by Crippen LogP contribution is 2.13.